The Morgan fingerprint density at radius 2 is 2.03 bits per heavy atom. The van der Waals surface area contributed by atoms with Crippen LogP contribution in [0.25, 0.3) is 22.6 Å². The molecule has 0 spiro atoms. The van der Waals surface area contributed by atoms with Gasteiger partial charge in [0.15, 0.2) is 17.5 Å². The summed E-state index contributed by atoms with van der Waals surface area (Å²) in [5.74, 6) is -1.58. The average molecular weight is 467 g/mol. The van der Waals surface area contributed by atoms with Crippen LogP contribution in [0.2, 0.25) is 0 Å². The third-order valence-corrected chi connectivity index (χ3v) is 6.25. The molecule has 0 atom stereocenters. The summed E-state index contributed by atoms with van der Waals surface area (Å²) in [7, 11) is 0. The number of pyridine rings is 1. The van der Waals surface area contributed by atoms with Gasteiger partial charge < -0.3 is 15.4 Å². The van der Waals surface area contributed by atoms with E-state index in [2.05, 4.69) is 20.5 Å². The highest BCUT2D eigenvalue weighted by atomic mass is 19.2. The SMILES string of the molecule is Nc1ncc(C2=CCN(C(=O)C3CCOCC3)CC2)cc1-c1nnnn1-c1cccc(F)c1F. The first-order chi connectivity index (χ1) is 16.5. The molecule has 3 aromatic rings. The molecule has 2 aliphatic rings. The molecule has 2 aromatic heterocycles. The molecule has 1 aromatic carbocycles. The van der Waals surface area contributed by atoms with Crippen molar-refractivity contribution in [2.24, 2.45) is 5.92 Å². The van der Waals surface area contributed by atoms with Gasteiger partial charge in [-0.15, -0.1) is 5.10 Å². The number of amides is 1. The van der Waals surface area contributed by atoms with E-state index in [9.17, 15) is 13.6 Å². The van der Waals surface area contributed by atoms with Crippen LogP contribution in [0.3, 0.4) is 0 Å². The van der Waals surface area contributed by atoms with Gasteiger partial charge in [0, 0.05) is 38.4 Å². The number of nitrogens with zero attached hydrogens (tertiary/aromatic N) is 6. The zero-order chi connectivity index (χ0) is 23.7. The number of tetrazole rings is 1. The summed E-state index contributed by atoms with van der Waals surface area (Å²) in [6.45, 7) is 2.37. The van der Waals surface area contributed by atoms with Crippen LogP contribution in [0.4, 0.5) is 14.6 Å². The maximum atomic E-state index is 14.4. The van der Waals surface area contributed by atoms with Gasteiger partial charge in [0.25, 0.3) is 0 Å². The molecule has 34 heavy (non-hydrogen) atoms. The van der Waals surface area contributed by atoms with E-state index in [1.54, 1.807) is 12.3 Å². The van der Waals surface area contributed by atoms with E-state index in [1.165, 1.54) is 12.1 Å². The van der Waals surface area contributed by atoms with E-state index >= 15 is 0 Å². The van der Waals surface area contributed by atoms with Crippen LogP contribution >= 0.6 is 0 Å². The Morgan fingerprint density at radius 3 is 2.79 bits per heavy atom. The Hall–Kier alpha value is -3.73. The van der Waals surface area contributed by atoms with Crippen molar-refractivity contribution in [1.82, 2.24) is 30.1 Å². The summed E-state index contributed by atoms with van der Waals surface area (Å²) < 4.78 is 34.6. The van der Waals surface area contributed by atoms with Gasteiger partial charge in [-0.05, 0) is 59.0 Å². The first-order valence-corrected chi connectivity index (χ1v) is 11.1. The molecule has 176 valence electrons. The summed E-state index contributed by atoms with van der Waals surface area (Å²) in [5.41, 5.74) is 8.18. The van der Waals surface area contributed by atoms with Crippen molar-refractivity contribution < 1.29 is 18.3 Å². The minimum atomic E-state index is -1.07. The highest BCUT2D eigenvalue weighted by molar-refractivity contribution is 5.81. The Balaban J connectivity index is 1.41. The molecule has 0 bridgehead atoms. The molecule has 0 saturated carbocycles. The number of hydrogen-bond acceptors (Lipinski definition) is 7. The van der Waals surface area contributed by atoms with Gasteiger partial charge in [-0.3, -0.25) is 4.79 Å². The zero-order valence-corrected chi connectivity index (χ0v) is 18.3. The summed E-state index contributed by atoms with van der Waals surface area (Å²) >= 11 is 0. The summed E-state index contributed by atoms with van der Waals surface area (Å²) in [4.78, 5) is 19.0. The number of nitrogens with two attached hydrogens (primary N) is 1. The second-order valence-corrected chi connectivity index (χ2v) is 8.29. The number of benzene rings is 1. The van der Waals surface area contributed by atoms with Crippen molar-refractivity contribution in [2.75, 3.05) is 32.0 Å². The van der Waals surface area contributed by atoms with Gasteiger partial charge in [0.05, 0.1) is 5.56 Å². The first-order valence-electron chi connectivity index (χ1n) is 11.1. The smallest absolute Gasteiger partial charge is 0.226 e. The molecular weight excluding hydrogens is 444 g/mol. The second kappa shape index (κ2) is 9.26. The lowest BCUT2D eigenvalue weighted by atomic mass is 9.95. The molecular formula is C23H23F2N7O2. The molecule has 0 radical (unpaired) electrons. The van der Waals surface area contributed by atoms with Gasteiger partial charge in [0.2, 0.25) is 5.91 Å². The first kappa shape index (κ1) is 22.1. The Labute approximate surface area is 194 Å². The number of halogens is 2. The molecule has 1 saturated heterocycles. The van der Waals surface area contributed by atoms with Gasteiger partial charge in [-0.1, -0.05) is 12.1 Å². The lowest BCUT2D eigenvalue weighted by Gasteiger charge is -2.31. The van der Waals surface area contributed by atoms with E-state index in [-0.39, 0.29) is 29.2 Å². The van der Waals surface area contributed by atoms with Gasteiger partial charge >= 0.3 is 0 Å². The molecule has 0 aliphatic carbocycles. The fraction of sp³-hybridized carbons (Fsp3) is 0.348. The molecule has 11 heteroatoms. The van der Waals surface area contributed by atoms with Crippen molar-refractivity contribution in [3.63, 3.8) is 0 Å². The normalized spacial score (nSPS) is 17.0. The minimum absolute atomic E-state index is 0.0237. The summed E-state index contributed by atoms with van der Waals surface area (Å²) in [5, 5.41) is 11.4. The molecule has 0 unspecified atom stereocenters. The molecule has 2 N–H and O–H groups in total. The van der Waals surface area contributed by atoms with E-state index in [4.69, 9.17) is 10.5 Å². The number of anilines is 1. The highest BCUT2D eigenvalue weighted by Gasteiger charge is 2.28. The fourth-order valence-electron chi connectivity index (χ4n) is 4.34. The standard InChI is InChI=1S/C23H23F2N7O2/c24-18-2-1-3-19(20(18)25)32-22(28-29-30-32)17-12-16(13-27-21(17)26)14-4-8-31(9-5-14)23(33)15-6-10-34-11-7-15/h1-4,12-13,15H,5-11H2,(H2,26,27). The quantitative estimate of drug-likeness (QED) is 0.628. The molecule has 2 aliphatic heterocycles. The van der Waals surface area contributed by atoms with Crippen molar-refractivity contribution >= 4 is 17.3 Å². The van der Waals surface area contributed by atoms with Gasteiger partial charge in [-0.2, -0.15) is 4.68 Å². The predicted octanol–water partition coefficient (Wildman–Crippen LogP) is 2.63. The average Bonchev–Trinajstić information content (AvgIpc) is 3.36. The van der Waals surface area contributed by atoms with Crippen LogP contribution in [-0.2, 0) is 9.53 Å². The monoisotopic (exact) mass is 467 g/mol. The topological polar surface area (TPSA) is 112 Å². The highest BCUT2D eigenvalue weighted by Crippen LogP contribution is 2.31. The number of carbonyl (C=O) groups is 1. The number of ether oxygens (including phenoxy) is 1. The minimum Gasteiger partial charge on any atom is -0.383 e. The lowest BCUT2D eigenvalue weighted by molar-refractivity contribution is -0.138. The molecule has 4 heterocycles. The van der Waals surface area contributed by atoms with Crippen LogP contribution < -0.4 is 5.73 Å². The Morgan fingerprint density at radius 1 is 1.21 bits per heavy atom. The lowest BCUT2D eigenvalue weighted by Crippen LogP contribution is -2.40. The summed E-state index contributed by atoms with van der Waals surface area (Å²) in [6.07, 6.45) is 5.84. The summed E-state index contributed by atoms with van der Waals surface area (Å²) in [6, 6.07) is 5.55. The second-order valence-electron chi connectivity index (χ2n) is 8.29. The molecule has 1 fully saturated rings. The molecule has 1 amide bonds. The van der Waals surface area contributed by atoms with E-state index < -0.39 is 11.6 Å². The Bertz CT molecular complexity index is 1250. The van der Waals surface area contributed by atoms with Crippen LogP contribution in [0.1, 0.15) is 24.8 Å². The molecule has 9 nitrogen and oxygen atoms in total. The van der Waals surface area contributed by atoms with Crippen LogP contribution in [-0.4, -0.2) is 62.3 Å². The molecule has 5 rings (SSSR count). The van der Waals surface area contributed by atoms with E-state index in [0.29, 0.717) is 38.3 Å². The zero-order valence-electron chi connectivity index (χ0n) is 18.3. The van der Waals surface area contributed by atoms with E-state index in [0.717, 1.165) is 34.7 Å². The van der Waals surface area contributed by atoms with Crippen molar-refractivity contribution in [1.29, 1.82) is 0 Å². The third kappa shape index (κ3) is 4.14. The number of carbonyl (C=O) groups excluding carboxylic acids is 1. The number of rotatable bonds is 4. The maximum Gasteiger partial charge on any atom is 0.226 e. The number of nitrogen functional groups attached to an aromatic ring is 1. The third-order valence-electron chi connectivity index (χ3n) is 6.25. The van der Waals surface area contributed by atoms with Gasteiger partial charge in [-0.25, -0.2) is 13.8 Å². The van der Waals surface area contributed by atoms with Crippen molar-refractivity contribution in [2.45, 2.75) is 19.3 Å². The van der Waals surface area contributed by atoms with Crippen LogP contribution in [0.5, 0.6) is 0 Å². The largest absolute Gasteiger partial charge is 0.383 e. The maximum absolute atomic E-state index is 14.4. The van der Waals surface area contributed by atoms with Crippen molar-refractivity contribution in [3.8, 4) is 17.1 Å². The number of aromatic nitrogens is 5. The van der Waals surface area contributed by atoms with E-state index in [1.807, 2.05) is 11.0 Å². The van der Waals surface area contributed by atoms with Crippen LogP contribution in [0, 0.1) is 17.6 Å². The predicted molar refractivity (Wildman–Crippen MR) is 119 cm³/mol. The Kier molecular flexibility index (Phi) is 6.01. The van der Waals surface area contributed by atoms with Gasteiger partial charge in [0.1, 0.15) is 11.5 Å². The number of hydrogen-bond donors (Lipinski definition) is 1. The van der Waals surface area contributed by atoms with Crippen molar-refractivity contribution in [3.05, 3.63) is 53.7 Å². The van der Waals surface area contributed by atoms with Crippen LogP contribution in [0.15, 0.2) is 36.5 Å². The fourth-order valence-corrected chi connectivity index (χ4v) is 4.34.